The lowest BCUT2D eigenvalue weighted by molar-refractivity contribution is -0.131. The van der Waals surface area contributed by atoms with Gasteiger partial charge < -0.3 is 15.7 Å². The second kappa shape index (κ2) is 6.86. The average Bonchev–Trinajstić information content (AvgIpc) is 2.47. The number of piperidine rings is 1. The minimum absolute atomic E-state index is 0.0153. The van der Waals surface area contributed by atoms with Crippen molar-refractivity contribution in [3.8, 4) is 0 Å². The normalized spacial score (nSPS) is 18.9. The third kappa shape index (κ3) is 4.20. The summed E-state index contributed by atoms with van der Waals surface area (Å²) in [6, 6.07) is 6.95. The molecule has 1 aliphatic heterocycles. The van der Waals surface area contributed by atoms with Crippen LogP contribution in [0.25, 0.3) is 6.08 Å². The summed E-state index contributed by atoms with van der Waals surface area (Å²) < 4.78 is 0. The summed E-state index contributed by atoms with van der Waals surface area (Å²) in [5.41, 5.74) is 1.50. The Morgan fingerprint density at radius 2 is 2.00 bits per heavy atom. The molecule has 0 aromatic heterocycles. The minimum Gasteiger partial charge on any atom is -0.478 e. The summed E-state index contributed by atoms with van der Waals surface area (Å²) in [6.07, 6.45) is 5.65. The van der Waals surface area contributed by atoms with Crippen molar-refractivity contribution in [2.45, 2.75) is 25.3 Å². The Morgan fingerprint density at radius 1 is 1.25 bits per heavy atom. The highest BCUT2D eigenvalue weighted by Crippen LogP contribution is 2.13. The van der Waals surface area contributed by atoms with Crippen molar-refractivity contribution >= 4 is 23.6 Å². The van der Waals surface area contributed by atoms with E-state index in [0.29, 0.717) is 0 Å². The van der Waals surface area contributed by atoms with Crippen molar-refractivity contribution in [2.24, 2.45) is 0 Å². The molecule has 0 bridgehead atoms. The molecular weight excluding hydrogens is 256 g/mol. The van der Waals surface area contributed by atoms with E-state index in [-0.39, 0.29) is 11.9 Å². The van der Waals surface area contributed by atoms with Gasteiger partial charge in [0, 0.05) is 11.8 Å². The van der Waals surface area contributed by atoms with Gasteiger partial charge in [0.1, 0.15) is 0 Å². The van der Waals surface area contributed by atoms with Crippen molar-refractivity contribution in [1.82, 2.24) is 5.32 Å². The van der Waals surface area contributed by atoms with Gasteiger partial charge in [-0.15, -0.1) is 0 Å². The lowest BCUT2D eigenvalue weighted by atomic mass is 10.0. The zero-order valence-corrected chi connectivity index (χ0v) is 11.1. The third-order valence-electron chi connectivity index (χ3n) is 3.22. The van der Waals surface area contributed by atoms with E-state index in [9.17, 15) is 9.59 Å². The van der Waals surface area contributed by atoms with Gasteiger partial charge in [-0.05, 0) is 43.2 Å². The van der Waals surface area contributed by atoms with Gasteiger partial charge in [-0.25, -0.2) is 4.79 Å². The first-order valence-electron chi connectivity index (χ1n) is 6.70. The van der Waals surface area contributed by atoms with Crippen molar-refractivity contribution < 1.29 is 14.7 Å². The van der Waals surface area contributed by atoms with E-state index in [0.717, 1.165) is 43.1 Å². The highest BCUT2D eigenvalue weighted by Gasteiger charge is 2.20. The lowest BCUT2D eigenvalue weighted by Crippen LogP contribution is -2.43. The van der Waals surface area contributed by atoms with Gasteiger partial charge in [-0.2, -0.15) is 0 Å². The summed E-state index contributed by atoms with van der Waals surface area (Å²) >= 11 is 0. The summed E-state index contributed by atoms with van der Waals surface area (Å²) in [4.78, 5) is 22.4. The maximum absolute atomic E-state index is 12.0. The Morgan fingerprint density at radius 3 is 2.60 bits per heavy atom. The van der Waals surface area contributed by atoms with E-state index in [1.807, 2.05) is 0 Å². The Labute approximate surface area is 117 Å². The number of carboxylic acids is 1. The SMILES string of the molecule is O=C(O)/C=C/c1ccc(NC(=O)C2CCCCN2)cc1. The van der Waals surface area contributed by atoms with E-state index in [1.54, 1.807) is 24.3 Å². The van der Waals surface area contributed by atoms with Crippen LogP contribution in [0.3, 0.4) is 0 Å². The van der Waals surface area contributed by atoms with Crippen LogP contribution in [0.4, 0.5) is 5.69 Å². The molecule has 1 heterocycles. The van der Waals surface area contributed by atoms with Crippen LogP contribution in [0.15, 0.2) is 30.3 Å². The van der Waals surface area contributed by atoms with E-state index in [2.05, 4.69) is 10.6 Å². The molecule has 1 unspecified atom stereocenters. The van der Waals surface area contributed by atoms with Crippen molar-refractivity contribution in [3.63, 3.8) is 0 Å². The number of benzene rings is 1. The summed E-state index contributed by atoms with van der Waals surface area (Å²) in [5.74, 6) is -0.996. The van der Waals surface area contributed by atoms with Crippen LogP contribution >= 0.6 is 0 Å². The quantitative estimate of drug-likeness (QED) is 0.732. The topological polar surface area (TPSA) is 78.4 Å². The zero-order chi connectivity index (χ0) is 14.4. The number of hydrogen-bond acceptors (Lipinski definition) is 3. The molecule has 5 heteroatoms. The fraction of sp³-hybridized carbons (Fsp3) is 0.333. The number of carbonyl (C=O) groups excluding carboxylic acids is 1. The second-order valence-corrected chi connectivity index (χ2v) is 4.79. The number of anilines is 1. The first kappa shape index (κ1) is 14.3. The van der Waals surface area contributed by atoms with Gasteiger partial charge in [-0.3, -0.25) is 4.79 Å². The van der Waals surface area contributed by atoms with Crippen LogP contribution < -0.4 is 10.6 Å². The second-order valence-electron chi connectivity index (χ2n) is 4.79. The van der Waals surface area contributed by atoms with Gasteiger partial charge >= 0.3 is 5.97 Å². The van der Waals surface area contributed by atoms with Crippen LogP contribution in [-0.4, -0.2) is 29.6 Å². The zero-order valence-electron chi connectivity index (χ0n) is 11.1. The summed E-state index contributed by atoms with van der Waals surface area (Å²) in [6.45, 7) is 0.886. The first-order valence-corrected chi connectivity index (χ1v) is 6.70. The molecule has 5 nitrogen and oxygen atoms in total. The van der Waals surface area contributed by atoms with Crippen LogP contribution in [0.2, 0.25) is 0 Å². The molecule has 1 saturated heterocycles. The van der Waals surface area contributed by atoms with Gasteiger partial charge in [0.15, 0.2) is 0 Å². The van der Waals surface area contributed by atoms with Crippen molar-refractivity contribution in [2.75, 3.05) is 11.9 Å². The predicted octanol–water partition coefficient (Wildman–Crippen LogP) is 1.86. The van der Waals surface area contributed by atoms with E-state index < -0.39 is 5.97 Å². The largest absolute Gasteiger partial charge is 0.478 e. The molecule has 1 aromatic rings. The monoisotopic (exact) mass is 274 g/mol. The Bertz CT molecular complexity index is 502. The number of carbonyl (C=O) groups is 2. The van der Waals surface area contributed by atoms with E-state index in [1.165, 1.54) is 6.08 Å². The number of rotatable bonds is 4. The van der Waals surface area contributed by atoms with Gasteiger partial charge in [0.2, 0.25) is 5.91 Å². The molecule has 0 saturated carbocycles. The molecule has 2 rings (SSSR count). The molecule has 0 radical (unpaired) electrons. The Balaban J connectivity index is 1.92. The van der Waals surface area contributed by atoms with Gasteiger partial charge in [0.25, 0.3) is 0 Å². The molecule has 3 N–H and O–H groups in total. The number of amides is 1. The molecule has 1 amide bonds. The highest BCUT2D eigenvalue weighted by molar-refractivity contribution is 5.95. The summed E-state index contributed by atoms with van der Waals surface area (Å²) in [7, 11) is 0. The number of hydrogen-bond donors (Lipinski definition) is 3. The third-order valence-corrected chi connectivity index (χ3v) is 3.22. The van der Waals surface area contributed by atoms with Gasteiger partial charge in [-0.1, -0.05) is 18.6 Å². The maximum atomic E-state index is 12.0. The average molecular weight is 274 g/mol. The Hall–Kier alpha value is -2.14. The number of nitrogens with one attached hydrogen (secondary N) is 2. The predicted molar refractivity (Wildman–Crippen MR) is 77.4 cm³/mol. The molecule has 0 aliphatic carbocycles. The van der Waals surface area contributed by atoms with E-state index in [4.69, 9.17) is 5.11 Å². The first-order chi connectivity index (χ1) is 9.65. The number of aliphatic carboxylic acids is 1. The van der Waals surface area contributed by atoms with Crippen LogP contribution in [0.5, 0.6) is 0 Å². The van der Waals surface area contributed by atoms with Crippen LogP contribution in [-0.2, 0) is 9.59 Å². The molecule has 0 spiro atoms. The molecular formula is C15H18N2O3. The lowest BCUT2D eigenvalue weighted by Gasteiger charge is -2.22. The van der Waals surface area contributed by atoms with E-state index >= 15 is 0 Å². The highest BCUT2D eigenvalue weighted by atomic mass is 16.4. The molecule has 106 valence electrons. The van der Waals surface area contributed by atoms with Crippen molar-refractivity contribution in [3.05, 3.63) is 35.9 Å². The minimum atomic E-state index is -0.981. The van der Waals surface area contributed by atoms with Gasteiger partial charge in [0.05, 0.1) is 6.04 Å². The maximum Gasteiger partial charge on any atom is 0.328 e. The summed E-state index contributed by atoms with van der Waals surface area (Å²) in [5, 5.41) is 14.6. The standard InChI is InChI=1S/C15H18N2O3/c18-14(19)9-6-11-4-7-12(8-5-11)17-15(20)13-3-1-2-10-16-13/h4-9,13,16H,1-3,10H2,(H,17,20)(H,18,19)/b9-6+. The molecule has 1 aliphatic rings. The smallest absolute Gasteiger partial charge is 0.328 e. The fourth-order valence-corrected chi connectivity index (χ4v) is 2.15. The fourth-order valence-electron chi connectivity index (χ4n) is 2.15. The molecule has 1 aromatic carbocycles. The molecule has 20 heavy (non-hydrogen) atoms. The van der Waals surface area contributed by atoms with Crippen LogP contribution in [0.1, 0.15) is 24.8 Å². The molecule has 1 atom stereocenters. The molecule has 1 fully saturated rings. The van der Waals surface area contributed by atoms with Crippen LogP contribution in [0, 0.1) is 0 Å². The Kier molecular flexibility index (Phi) is 4.90. The number of carboxylic acid groups (broad SMARTS) is 1. The van der Waals surface area contributed by atoms with Crippen molar-refractivity contribution in [1.29, 1.82) is 0 Å².